The molecule has 1 N–H and O–H groups in total. The summed E-state index contributed by atoms with van der Waals surface area (Å²) in [6, 6.07) is 6.08. The highest BCUT2D eigenvalue weighted by Crippen LogP contribution is 2.11. The predicted molar refractivity (Wildman–Crippen MR) is 57.0 cm³/mol. The van der Waals surface area contributed by atoms with Gasteiger partial charge in [-0.05, 0) is 26.0 Å². The zero-order chi connectivity index (χ0) is 12.3. The van der Waals surface area contributed by atoms with Crippen molar-refractivity contribution in [3.8, 4) is 0 Å². The highest BCUT2D eigenvalue weighted by Gasteiger charge is 2.11. The number of benzene rings is 1. The quantitative estimate of drug-likeness (QED) is 0.827. The normalized spacial score (nSPS) is 16.9. The van der Waals surface area contributed by atoms with Crippen molar-refractivity contribution in [3.05, 3.63) is 34.3 Å². The number of carbonyl (C=O) groups excluding carboxylic acids is 1. The molecule has 1 unspecified atom stereocenters. The highest BCUT2D eigenvalue weighted by atomic mass is 79.9. The Hall–Kier alpha value is -0.670. The number of Topliss-reactive ketones (excluding diaryl/α,β-unsaturated/α-hetero) is 1. The van der Waals surface area contributed by atoms with Gasteiger partial charge in [0.2, 0.25) is 0 Å². The maximum atomic E-state index is 11.8. The van der Waals surface area contributed by atoms with Crippen LogP contribution in [0.15, 0.2) is 28.7 Å². The van der Waals surface area contributed by atoms with Crippen LogP contribution in [0.3, 0.4) is 0 Å². The first-order chi connectivity index (χ1) is 7.29. The molecule has 0 fully saturated rings. The molecule has 0 aromatic heterocycles. The molecule has 0 saturated heterocycles. The molecule has 2 nitrogen and oxygen atoms in total. The molecule has 3 heteroatoms. The van der Waals surface area contributed by atoms with Gasteiger partial charge < -0.3 is 5.32 Å². The molecule has 0 amide bonds. The van der Waals surface area contributed by atoms with Crippen molar-refractivity contribution in [2.24, 2.45) is 0 Å². The Morgan fingerprint density at radius 1 is 1.54 bits per heavy atom. The summed E-state index contributed by atoms with van der Waals surface area (Å²) in [4.78, 5) is 11.8. The minimum Gasteiger partial charge on any atom is -0.310 e. The number of likely N-dealkylation sites (N-methyl/N-ethyl adjacent to an activating group) is 1. The van der Waals surface area contributed by atoms with E-state index < -0.39 is 13.0 Å². The van der Waals surface area contributed by atoms with Crippen molar-refractivity contribution < 1.29 is 8.91 Å². The second kappa shape index (κ2) is 4.53. The van der Waals surface area contributed by atoms with Gasteiger partial charge in [-0.3, -0.25) is 4.79 Å². The summed E-state index contributed by atoms with van der Waals surface area (Å²) in [6.45, 7) is -0.763. The van der Waals surface area contributed by atoms with Crippen LogP contribution in [0.4, 0.5) is 0 Å². The van der Waals surface area contributed by atoms with Crippen molar-refractivity contribution >= 4 is 21.7 Å². The maximum absolute atomic E-state index is 11.8. The lowest BCUT2D eigenvalue weighted by Gasteiger charge is -2.08. The van der Waals surface area contributed by atoms with Crippen LogP contribution in [-0.4, -0.2) is 18.8 Å². The molecular formula is C10H12BrNO. The summed E-state index contributed by atoms with van der Waals surface area (Å²) in [5.41, 5.74) is 0.493. The van der Waals surface area contributed by atoms with E-state index in [9.17, 15) is 4.79 Å². The predicted octanol–water partition coefficient (Wildman–Crippen LogP) is 2.24. The molecule has 1 aromatic rings. The summed E-state index contributed by atoms with van der Waals surface area (Å²) >= 11 is 3.26. The number of nitrogens with one attached hydrogen (secondary N) is 1. The summed E-state index contributed by atoms with van der Waals surface area (Å²) in [5, 5.41) is 2.27. The van der Waals surface area contributed by atoms with Crippen LogP contribution < -0.4 is 5.32 Å². The summed E-state index contributed by atoms with van der Waals surface area (Å²) in [5.74, 6) is -0.233. The monoisotopic (exact) mass is 244 g/mol. The Morgan fingerprint density at radius 2 is 2.15 bits per heavy atom. The standard InChI is InChI=1S/C10H12BrNO/c1-7(12-2)10(13)8-3-5-9(11)6-4-8/h3-7,12H,1-2H3/i2D3. The fourth-order valence-electron chi connectivity index (χ4n) is 0.930. The highest BCUT2D eigenvalue weighted by molar-refractivity contribution is 9.10. The summed E-state index contributed by atoms with van der Waals surface area (Å²) < 4.78 is 21.9. The van der Waals surface area contributed by atoms with E-state index in [4.69, 9.17) is 4.11 Å². The van der Waals surface area contributed by atoms with Crippen molar-refractivity contribution in [2.75, 3.05) is 6.98 Å². The van der Waals surface area contributed by atoms with E-state index >= 15 is 0 Å². The molecular weight excluding hydrogens is 230 g/mol. The lowest BCUT2D eigenvalue weighted by atomic mass is 10.1. The van der Waals surface area contributed by atoms with Crippen LogP contribution in [0.25, 0.3) is 0 Å². The Kier molecular flexibility index (Phi) is 2.35. The van der Waals surface area contributed by atoms with E-state index in [1.807, 2.05) is 0 Å². The second-order valence-corrected chi connectivity index (χ2v) is 3.65. The van der Waals surface area contributed by atoms with Gasteiger partial charge in [-0.15, -0.1) is 0 Å². The number of hydrogen-bond acceptors (Lipinski definition) is 2. The number of carbonyl (C=O) groups is 1. The zero-order valence-corrected chi connectivity index (χ0v) is 8.76. The average Bonchev–Trinajstić information content (AvgIpc) is 2.15. The molecule has 0 aliphatic rings. The molecule has 1 aromatic carbocycles. The molecule has 0 radical (unpaired) electrons. The fraction of sp³-hybridized carbons (Fsp3) is 0.300. The van der Waals surface area contributed by atoms with Crippen LogP contribution in [-0.2, 0) is 0 Å². The van der Waals surface area contributed by atoms with E-state index in [0.29, 0.717) is 5.56 Å². The second-order valence-electron chi connectivity index (χ2n) is 2.74. The van der Waals surface area contributed by atoms with Crippen LogP contribution in [0.1, 0.15) is 21.4 Å². The van der Waals surface area contributed by atoms with Gasteiger partial charge in [0, 0.05) is 14.1 Å². The largest absolute Gasteiger partial charge is 0.310 e. The molecule has 0 aliphatic carbocycles. The molecule has 0 spiro atoms. The van der Waals surface area contributed by atoms with Gasteiger partial charge >= 0.3 is 0 Å². The molecule has 13 heavy (non-hydrogen) atoms. The van der Waals surface area contributed by atoms with Crippen molar-refractivity contribution in [1.29, 1.82) is 0 Å². The molecule has 1 rings (SSSR count). The summed E-state index contributed by atoms with van der Waals surface area (Å²) in [7, 11) is 0. The van der Waals surface area contributed by atoms with Crippen LogP contribution in [0.2, 0.25) is 0 Å². The Labute approximate surface area is 90.7 Å². The van der Waals surface area contributed by atoms with Gasteiger partial charge in [-0.1, -0.05) is 28.1 Å². The van der Waals surface area contributed by atoms with Crippen LogP contribution >= 0.6 is 15.9 Å². The fourth-order valence-corrected chi connectivity index (χ4v) is 1.19. The van der Waals surface area contributed by atoms with Crippen LogP contribution in [0.5, 0.6) is 0 Å². The third-order valence-corrected chi connectivity index (χ3v) is 2.27. The van der Waals surface area contributed by atoms with E-state index in [-0.39, 0.29) is 5.78 Å². The molecule has 70 valence electrons. The van der Waals surface area contributed by atoms with E-state index in [2.05, 4.69) is 21.2 Å². The van der Waals surface area contributed by atoms with Gasteiger partial charge in [-0.25, -0.2) is 0 Å². The topological polar surface area (TPSA) is 29.1 Å². The minimum absolute atomic E-state index is 0.233. The van der Waals surface area contributed by atoms with Crippen molar-refractivity contribution in [2.45, 2.75) is 13.0 Å². The Balaban J connectivity index is 2.74. The molecule has 0 bridgehead atoms. The lowest BCUT2D eigenvalue weighted by molar-refractivity contribution is 0.0955. The third-order valence-electron chi connectivity index (χ3n) is 1.74. The molecule has 1 atom stereocenters. The van der Waals surface area contributed by atoms with Crippen molar-refractivity contribution in [3.63, 3.8) is 0 Å². The average molecular weight is 245 g/mol. The van der Waals surface area contributed by atoms with E-state index in [0.717, 1.165) is 4.47 Å². The Morgan fingerprint density at radius 3 is 2.69 bits per heavy atom. The number of ketones is 1. The number of hydrogen-bond donors (Lipinski definition) is 1. The van der Waals surface area contributed by atoms with E-state index in [1.54, 1.807) is 24.3 Å². The van der Waals surface area contributed by atoms with Gasteiger partial charge in [0.1, 0.15) is 0 Å². The smallest absolute Gasteiger partial charge is 0.179 e. The number of rotatable bonds is 3. The minimum atomic E-state index is -2.30. The zero-order valence-electron chi connectivity index (χ0n) is 10.2. The lowest BCUT2D eigenvalue weighted by Crippen LogP contribution is -2.30. The summed E-state index contributed by atoms with van der Waals surface area (Å²) in [6.07, 6.45) is 0. The third kappa shape index (κ3) is 2.64. The van der Waals surface area contributed by atoms with E-state index in [1.165, 1.54) is 6.92 Å². The first kappa shape index (κ1) is 6.74. The van der Waals surface area contributed by atoms with Gasteiger partial charge in [0.05, 0.1) is 6.04 Å². The molecule has 0 saturated carbocycles. The maximum Gasteiger partial charge on any atom is 0.179 e. The first-order valence-electron chi connectivity index (χ1n) is 5.37. The first-order valence-corrected chi connectivity index (χ1v) is 4.66. The SMILES string of the molecule is [2H]C([2H])([2H])NC(C)C(=O)c1ccc(Br)cc1. The van der Waals surface area contributed by atoms with Crippen molar-refractivity contribution in [1.82, 2.24) is 5.32 Å². The number of halogens is 1. The Bertz CT molecular complexity index is 375. The molecule has 0 heterocycles. The van der Waals surface area contributed by atoms with Gasteiger partial charge in [-0.2, -0.15) is 0 Å². The van der Waals surface area contributed by atoms with Crippen LogP contribution in [0, 0.1) is 0 Å². The molecule has 0 aliphatic heterocycles. The van der Waals surface area contributed by atoms with Gasteiger partial charge in [0.15, 0.2) is 5.78 Å². The van der Waals surface area contributed by atoms with Gasteiger partial charge in [0.25, 0.3) is 0 Å².